The van der Waals surface area contributed by atoms with E-state index in [1.165, 1.54) is 6.08 Å². The average Bonchev–Trinajstić information content (AvgIpc) is 2.65. The highest BCUT2D eigenvalue weighted by molar-refractivity contribution is 5.91. The van der Waals surface area contributed by atoms with Gasteiger partial charge in [-0.25, -0.2) is 0 Å². The first-order valence-electron chi connectivity index (χ1n) is 8.37. The predicted molar refractivity (Wildman–Crippen MR) is 94.6 cm³/mol. The van der Waals surface area contributed by atoms with E-state index in [1.807, 2.05) is 30.3 Å². The lowest BCUT2D eigenvalue weighted by Crippen LogP contribution is -2.41. The van der Waals surface area contributed by atoms with E-state index in [0.717, 1.165) is 24.2 Å². The monoisotopic (exact) mass is 341 g/mol. The van der Waals surface area contributed by atoms with Gasteiger partial charge in [-0.2, -0.15) is 5.26 Å². The highest BCUT2D eigenvalue weighted by Crippen LogP contribution is 2.17. The second kappa shape index (κ2) is 9.48. The van der Waals surface area contributed by atoms with Gasteiger partial charge in [0, 0.05) is 25.7 Å². The second-order valence-corrected chi connectivity index (χ2v) is 6.01. The fourth-order valence-electron chi connectivity index (χ4n) is 2.76. The highest BCUT2D eigenvalue weighted by Gasteiger charge is 2.22. The molecule has 0 saturated carbocycles. The maximum absolute atomic E-state index is 11.9. The third-order valence-corrected chi connectivity index (χ3v) is 4.31. The zero-order valence-electron chi connectivity index (χ0n) is 14.4. The normalized spacial score (nSPS) is 15.0. The van der Waals surface area contributed by atoms with Crippen molar-refractivity contribution in [2.45, 2.75) is 19.3 Å². The van der Waals surface area contributed by atoms with Crippen molar-refractivity contribution in [3.8, 4) is 11.8 Å². The van der Waals surface area contributed by atoms with Gasteiger partial charge in [0.1, 0.15) is 12.2 Å². The van der Waals surface area contributed by atoms with Gasteiger partial charge in [0.2, 0.25) is 11.8 Å². The van der Waals surface area contributed by atoms with E-state index >= 15 is 0 Å². The topological polar surface area (TPSA) is 82.4 Å². The summed E-state index contributed by atoms with van der Waals surface area (Å²) in [7, 11) is 1.61. The molecule has 1 saturated heterocycles. The predicted octanol–water partition coefficient (Wildman–Crippen LogP) is 1.98. The van der Waals surface area contributed by atoms with E-state index < -0.39 is 0 Å². The number of nitrogens with zero attached hydrogens (tertiary/aromatic N) is 2. The molecule has 0 atom stereocenters. The third kappa shape index (κ3) is 5.96. The van der Waals surface area contributed by atoms with E-state index in [4.69, 9.17) is 10.00 Å². The Labute approximate surface area is 148 Å². The molecular formula is C19H23N3O3. The first-order valence-corrected chi connectivity index (χ1v) is 8.37. The van der Waals surface area contributed by atoms with E-state index in [1.54, 1.807) is 18.1 Å². The molecule has 6 heteroatoms. The van der Waals surface area contributed by atoms with Gasteiger partial charge in [0.15, 0.2) is 0 Å². The number of methoxy groups -OCH3 is 1. The molecular weight excluding hydrogens is 318 g/mol. The van der Waals surface area contributed by atoms with E-state index in [-0.39, 0.29) is 18.2 Å². The Bertz CT molecular complexity index is 653. The zero-order chi connectivity index (χ0) is 18.1. The number of likely N-dealkylation sites (tertiary alicyclic amines) is 1. The number of amides is 2. The Balaban J connectivity index is 1.71. The highest BCUT2D eigenvalue weighted by atomic mass is 16.5. The Morgan fingerprint density at radius 3 is 2.60 bits per heavy atom. The molecule has 0 aromatic heterocycles. The van der Waals surface area contributed by atoms with Crippen LogP contribution >= 0.6 is 0 Å². The molecule has 0 unspecified atom stereocenters. The number of rotatable bonds is 6. The maximum atomic E-state index is 11.9. The van der Waals surface area contributed by atoms with E-state index in [2.05, 4.69) is 5.32 Å². The standard InChI is InChI=1S/C19H23N3O3/c1-25-17-5-2-15(3-6-17)4-7-18(23)21-14-16-9-12-22(13-10-16)19(24)8-11-20/h2-7,16H,8-10,12-14H2,1H3,(H,21,23)/b7-4+. The average molecular weight is 341 g/mol. The largest absolute Gasteiger partial charge is 0.497 e. The number of piperidine rings is 1. The van der Waals surface area contributed by atoms with Crippen LogP contribution in [0.2, 0.25) is 0 Å². The summed E-state index contributed by atoms with van der Waals surface area (Å²) in [5.74, 6) is 0.914. The van der Waals surface area contributed by atoms with Crippen LogP contribution in [0.15, 0.2) is 30.3 Å². The molecule has 1 aliphatic heterocycles. The second-order valence-electron chi connectivity index (χ2n) is 6.01. The molecule has 25 heavy (non-hydrogen) atoms. The molecule has 1 heterocycles. The molecule has 1 fully saturated rings. The van der Waals surface area contributed by atoms with Gasteiger partial charge in [-0.1, -0.05) is 12.1 Å². The number of ether oxygens (including phenoxy) is 1. The summed E-state index contributed by atoms with van der Waals surface area (Å²) < 4.78 is 5.09. The minimum Gasteiger partial charge on any atom is -0.497 e. The van der Waals surface area contributed by atoms with E-state index in [9.17, 15) is 9.59 Å². The summed E-state index contributed by atoms with van der Waals surface area (Å²) >= 11 is 0. The van der Waals surface area contributed by atoms with Gasteiger partial charge in [-0.15, -0.1) is 0 Å². The van der Waals surface area contributed by atoms with Crippen LogP contribution in [0.4, 0.5) is 0 Å². The Morgan fingerprint density at radius 1 is 1.32 bits per heavy atom. The number of hydrogen-bond acceptors (Lipinski definition) is 4. The van der Waals surface area contributed by atoms with Crippen molar-refractivity contribution in [3.63, 3.8) is 0 Å². The summed E-state index contributed by atoms with van der Waals surface area (Å²) in [4.78, 5) is 25.3. The van der Waals surface area contributed by atoms with Gasteiger partial charge in [0.05, 0.1) is 13.2 Å². The van der Waals surface area contributed by atoms with Gasteiger partial charge >= 0.3 is 0 Å². The minimum absolute atomic E-state index is 0.0580. The Kier molecular flexibility index (Phi) is 7.02. The van der Waals surface area contributed by atoms with Crippen molar-refractivity contribution in [1.29, 1.82) is 5.26 Å². The van der Waals surface area contributed by atoms with Crippen LogP contribution in [0.1, 0.15) is 24.8 Å². The summed E-state index contributed by atoms with van der Waals surface area (Å²) in [6.07, 6.45) is 4.92. The fourth-order valence-corrected chi connectivity index (χ4v) is 2.76. The van der Waals surface area contributed by atoms with Crippen LogP contribution in [0.3, 0.4) is 0 Å². The molecule has 0 aliphatic carbocycles. The summed E-state index contributed by atoms with van der Waals surface area (Å²) in [5.41, 5.74) is 0.931. The molecule has 1 aromatic carbocycles. The lowest BCUT2D eigenvalue weighted by Gasteiger charge is -2.31. The SMILES string of the molecule is COc1ccc(/C=C/C(=O)NCC2CCN(C(=O)CC#N)CC2)cc1. The van der Waals surface area contributed by atoms with Crippen LogP contribution in [0.5, 0.6) is 5.75 Å². The number of nitriles is 1. The van der Waals surface area contributed by atoms with Crippen molar-refractivity contribution in [2.24, 2.45) is 5.92 Å². The Morgan fingerprint density at radius 2 is 2.00 bits per heavy atom. The first-order chi connectivity index (χ1) is 12.1. The first kappa shape index (κ1) is 18.5. The summed E-state index contributed by atoms with van der Waals surface area (Å²) in [6, 6.07) is 9.35. The number of carbonyl (C=O) groups excluding carboxylic acids is 2. The van der Waals surface area contributed by atoms with E-state index in [0.29, 0.717) is 25.6 Å². The van der Waals surface area contributed by atoms with Gasteiger partial charge in [0.25, 0.3) is 0 Å². The molecule has 6 nitrogen and oxygen atoms in total. The molecule has 1 aromatic rings. The van der Waals surface area contributed by atoms with Crippen molar-refractivity contribution < 1.29 is 14.3 Å². The molecule has 2 rings (SSSR count). The van der Waals surface area contributed by atoms with Crippen molar-refractivity contribution in [3.05, 3.63) is 35.9 Å². The van der Waals surface area contributed by atoms with Gasteiger partial charge in [-0.05, 0) is 42.5 Å². The van der Waals surface area contributed by atoms with Crippen molar-refractivity contribution in [1.82, 2.24) is 10.2 Å². The van der Waals surface area contributed by atoms with Crippen molar-refractivity contribution >= 4 is 17.9 Å². The van der Waals surface area contributed by atoms with Gasteiger partial charge in [-0.3, -0.25) is 9.59 Å². The fraction of sp³-hybridized carbons (Fsp3) is 0.421. The zero-order valence-corrected chi connectivity index (χ0v) is 14.4. The molecule has 132 valence electrons. The quantitative estimate of drug-likeness (QED) is 0.802. The summed E-state index contributed by atoms with van der Waals surface area (Å²) in [5, 5.41) is 11.5. The lowest BCUT2D eigenvalue weighted by atomic mass is 9.96. The Hall–Kier alpha value is -2.81. The summed E-state index contributed by atoms with van der Waals surface area (Å²) in [6.45, 7) is 1.91. The smallest absolute Gasteiger partial charge is 0.244 e. The van der Waals surface area contributed by atoms with Crippen LogP contribution in [-0.4, -0.2) is 43.5 Å². The maximum Gasteiger partial charge on any atom is 0.244 e. The molecule has 2 amide bonds. The van der Waals surface area contributed by atoms with Crippen molar-refractivity contribution in [2.75, 3.05) is 26.7 Å². The van der Waals surface area contributed by atoms with Crippen LogP contribution in [0.25, 0.3) is 6.08 Å². The lowest BCUT2D eigenvalue weighted by molar-refractivity contribution is -0.131. The van der Waals surface area contributed by atoms with Crippen LogP contribution in [-0.2, 0) is 9.59 Å². The molecule has 0 radical (unpaired) electrons. The molecule has 0 spiro atoms. The molecule has 1 N–H and O–H groups in total. The number of hydrogen-bond donors (Lipinski definition) is 1. The minimum atomic E-state index is -0.126. The number of nitrogens with one attached hydrogen (secondary N) is 1. The molecule has 0 bridgehead atoms. The molecule has 1 aliphatic rings. The van der Waals surface area contributed by atoms with Gasteiger partial charge < -0.3 is 15.0 Å². The number of carbonyl (C=O) groups is 2. The third-order valence-electron chi connectivity index (χ3n) is 4.31. The van der Waals surface area contributed by atoms with Crippen LogP contribution < -0.4 is 10.1 Å². The number of benzene rings is 1. The van der Waals surface area contributed by atoms with Crippen LogP contribution in [0, 0.1) is 17.2 Å².